The Labute approximate surface area is 182 Å². The molecule has 1 saturated heterocycles. The van der Waals surface area contributed by atoms with Crippen LogP contribution in [0.1, 0.15) is 45.6 Å². The Hall–Kier alpha value is -2.94. The summed E-state index contributed by atoms with van der Waals surface area (Å²) in [4.78, 5) is 46.7. The molecule has 1 amide bonds. The molecule has 172 valence electrons. The Balaban J connectivity index is 0.00000110. The van der Waals surface area contributed by atoms with Gasteiger partial charge in [0.1, 0.15) is 12.1 Å². The number of carboxylic acids is 2. The summed E-state index contributed by atoms with van der Waals surface area (Å²) in [6.07, 6.45) is 2.29. The van der Waals surface area contributed by atoms with E-state index in [1.54, 1.807) is 13.8 Å². The third-order valence-electron chi connectivity index (χ3n) is 4.78. The minimum Gasteiger partial charge on any atom is -0.481 e. The van der Waals surface area contributed by atoms with Gasteiger partial charge in [0.2, 0.25) is 5.91 Å². The fraction of sp³-hybridized carbons (Fsp3) is 0.545. The third kappa shape index (κ3) is 9.17. The topological polar surface area (TPSA) is 133 Å². The van der Waals surface area contributed by atoms with Crippen molar-refractivity contribution in [3.05, 3.63) is 35.9 Å². The van der Waals surface area contributed by atoms with Gasteiger partial charge in [0.25, 0.3) is 5.97 Å². The molecule has 1 aliphatic rings. The van der Waals surface area contributed by atoms with Crippen LogP contribution in [-0.2, 0) is 30.3 Å². The van der Waals surface area contributed by atoms with Crippen molar-refractivity contribution in [1.29, 1.82) is 0 Å². The van der Waals surface area contributed by atoms with Gasteiger partial charge in [0.05, 0.1) is 12.6 Å². The molecule has 1 fully saturated rings. The molecule has 0 aliphatic carbocycles. The molecule has 2 unspecified atom stereocenters. The van der Waals surface area contributed by atoms with E-state index in [0.29, 0.717) is 32.2 Å². The van der Waals surface area contributed by atoms with Crippen molar-refractivity contribution in [2.24, 2.45) is 0 Å². The van der Waals surface area contributed by atoms with Gasteiger partial charge in [-0.05, 0) is 45.1 Å². The highest BCUT2D eigenvalue weighted by Crippen LogP contribution is 2.19. The maximum absolute atomic E-state index is 12.7. The van der Waals surface area contributed by atoms with Crippen LogP contribution < -0.4 is 5.32 Å². The summed E-state index contributed by atoms with van der Waals surface area (Å²) >= 11 is 0. The number of amides is 1. The molecule has 0 spiro atoms. The number of aliphatic carboxylic acids is 2. The summed E-state index contributed by atoms with van der Waals surface area (Å²) in [6, 6.07) is 7.69. The zero-order chi connectivity index (χ0) is 23.4. The van der Waals surface area contributed by atoms with E-state index in [0.717, 1.165) is 12.5 Å². The number of hydrogen-bond donors (Lipinski definition) is 3. The van der Waals surface area contributed by atoms with Crippen molar-refractivity contribution in [3.8, 4) is 0 Å². The summed E-state index contributed by atoms with van der Waals surface area (Å²) < 4.78 is 5.14. The molecule has 1 heterocycles. The van der Waals surface area contributed by atoms with Crippen molar-refractivity contribution in [2.75, 3.05) is 13.2 Å². The molecule has 1 aromatic rings. The highest BCUT2D eigenvalue weighted by atomic mass is 16.5. The summed E-state index contributed by atoms with van der Waals surface area (Å²) in [5.41, 5.74) is 1.10. The van der Waals surface area contributed by atoms with Crippen molar-refractivity contribution in [3.63, 3.8) is 0 Å². The van der Waals surface area contributed by atoms with Gasteiger partial charge in [-0.2, -0.15) is 0 Å². The minimum atomic E-state index is -0.987. The van der Waals surface area contributed by atoms with Crippen LogP contribution >= 0.6 is 0 Å². The molecule has 0 radical (unpaired) electrons. The van der Waals surface area contributed by atoms with Crippen molar-refractivity contribution in [1.82, 2.24) is 10.2 Å². The minimum absolute atomic E-state index is 0.262. The number of carboxylic acid groups (broad SMARTS) is 2. The van der Waals surface area contributed by atoms with Gasteiger partial charge in [-0.25, -0.2) is 4.79 Å². The number of rotatable bonds is 9. The number of carbonyl (C=O) groups is 4. The lowest BCUT2D eigenvalue weighted by Crippen LogP contribution is -2.53. The first-order valence-electron chi connectivity index (χ1n) is 10.4. The monoisotopic (exact) mass is 436 g/mol. The second-order valence-corrected chi connectivity index (χ2v) is 7.26. The van der Waals surface area contributed by atoms with E-state index in [1.807, 2.05) is 30.3 Å². The molecule has 3 atom stereocenters. The predicted octanol–water partition coefficient (Wildman–Crippen LogP) is 1.70. The summed E-state index contributed by atoms with van der Waals surface area (Å²) in [5.74, 6) is -2.52. The Kier molecular flexibility index (Phi) is 11.3. The van der Waals surface area contributed by atoms with E-state index in [4.69, 9.17) is 14.6 Å². The predicted molar refractivity (Wildman–Crippen MR) is 113 cm³/mol. The van der Waals surface area contributed by atoms with Crippen LogP contribution in [0, 0.1) is 0 Å². The van der Waals surface area contributed by atoms with E-state index in [1.165, 1.54) is 4.90 Å². The summed E-state index contributed by atoms with van der Waals surface area (Å²) in [5, 5.41) is 19.7. The molecule has 1 aliphatic heterocycles. The Morgan fingerprint density at radius 1 is 1.19 bits per heavy atom. The largest absolute Gasteiger partial charge is 0.481 e. The highest BCUT2D eigenvalue weighted by molar-refractivity contribution is 5.88. The van der Waals surface area contributed by atoms with Crippen LogP contribution in [0.5, 0.6) is 0 Å². The van der Waals surface area contributed by atoms with Crippen LogP contribution in [0.4, 0.5) is 0 Å². The Morgan fingerprint density at radius 3 is 2.35 bits per heavy atom. The molecule has 1 aromatic carbocycles. The van der Waals surface area contributed by atoms with Crippen molar-refractivity contribution < 1.29 is 34.1 Å². The number of carbonyl (C=O) groups excluding carboxylic acids is 2. The third-order valence-corrected chi connectivity index (χ3v) is 4.78. The molecule has 0 aromatic heterocycles. The smallest absolute Gasteiger partial charge is 0.326 e. The van der Waals surface area contributed by atoms with Gasteiger partial charge < -0.3 is 19.8 Å². The molecule has 2 rings (SSSR count). The van der Waals surface area contributed by atoms with Gasteiger partial charge >= 0.3 is 11.9 Å². The quantitative estimate of drug-likeness (QED) is 0.498. The average Bonchev–Trinajstić information content (AvgIpc) is 3.21. The highest BCUT2D eigenvalue weighted by Gasteiger charge is 2.36. The Morgan fingerprint density at radius 2 is 1.81 bits per heavy atom. The molecule has 9 heteroatoms. The number of esters is 1. The van der Waals surface area contributed by atoms with Crippen molar-refractivity contribution in [2.45, 2.75) is 64.6 Å². The maximum Gasteiger partial charge on any atom is 0.326 e. The fourth-order valence-electron chi connectivity index (χ4n) is 3.38. The van der Waals surface area contributed by atoms with Gasteiger partial charge in [0, 0.05) is 13.5 Å². The first-order chi connectivity index (χ1) is 14.7. The number of aryl methyl sites for hydroxylation is 1. The normalized spacial score (nSPS) is 17.1. The van der Waals surface area contributed by atoms with Crippen LogP contribution in [0.3, 0.4) is 0 Å². The van der Waals surface area contributed by atoms with E-state index in [9.17, 15) is 19.5 Å². The van der Waals surface area contributed by atoms with Gasteiger partial charge in [0.15, 0.2) is 0 Å². The zero-order valence-electron chi connectivity index (χ0n) is 18.2. The first-order valence-corrected chi connectivity index (χ1v) is 10.4. The van der Waals surface area contributed by atoms with Crippen LogP contribution in [0.25, 0.3) is 0 Å². The number of nitrogens with one attached hydrogen (secondary N) is 1. The fourth-order valence-corrected chi connectivity index (χ4v) is 3.38. The van der Waals surface area contributed by atoms with Crippen LogP contribution in [-0.4, -0.2) is 70.2 Å². The maximum atomic E-state index is 12.7. The summed E-state index contributed by atoms with van der Waals surface area (Å²) in [6.45, 7) is 5.17. The molecule has 9 nitrogen and oxygen atoms in total. The SMILES string of the molecule is CC(=O)O.CCOC(=O)C(CCc1ccccc1)NC(C)C(=O)N1CCC[C@H]1C(=O)O. The molecule has 0 bridgehead atoms. The molecular weight excluding hydrogens is 404 g/mol. The first kappa shape index (κ1) is 26.1. The number of hydrogen-bond acceptors (Lipinski definition) is 6. The van der Waals surface area contributed by atoms with Gasteiger partial charge in [-0.1, -0.05) is 30.3 Å². The second kappa shape index (κ2) is 13.4. The summed E-state index contributed by atoms with van der Waals surface area (Å²) in [7, 11) is 0. The second-order valence-electron chi connectivity index (χ2n) is 7.26. The lowest BCUT2D eigenvalue weighted by molar-refractivity contribution is -0.150. The van der Waals surface area contributed by atoms with E-state index in [-0.39, 0.29) is 12.5 Å². The lowest BCUT2D eigenvalue weighted by atomic mass is 10.0. The number of ether oxygens (including phenoxy) is 1. The van der Waals surface area contributed by atoms with Crippen molar-refractivity contribution >= 4 is 23.8 Å². The number of likely N-dealkylation sites (tertiary alicyclic amines) is 1. The molecule has 0 saturated carbocycles. The number of benzene rings is 1. The standard InChI is InChI=1S/C20H28N2O5.C2H4O2/c1-3-27-20(26)16(12-11-15-8-5-4-6-9-15)21-14(2)18(23)22-13-7-10-17(22)19(24)25;1-2(3)4/h4-6,8-9,14,16-17,21H,3,7,10-13H2,1-2H3,(H,24,25);1H3,(H,3,4)/t14?,16?,17-;/m0./s1. The van der Waals surface area contributed by atoms with Crippen LogP contribution in [0.2, 0.25) is 0 Å². The number of nitrogens with zero attached hydrogens (tertiary/aromatic N) is 1. The van der Waals surface area contributed by atoms with E-state index >= 15 is 0 Å². The van der Waals surface area contributed by atoms with E-state index < -0.39 is 36.0 Å². The lowest BCUT2D eigenvalue weighted by Gasteiger charge is -2.27. The zero-order valence-corrected chi connectivity index (χ0v) is 18.2. The Bertz CT molecular complexity index is 735. The average molecular weight is 437 g/mol. The van der Waals surface area contributed by atoms with Crippen LogP contribution in [0.15, 0.2) is 30.3 Å². The van der Waals surface area contributed by atoms with Gasteiger partial charge in [-0.3, -0.25) is 19.7 Å². The van der Waals surface area contributed by atoms with Gasteiger partial charge in [-0.15, -0.1) is 0 Å². The van der Waals surface area contributed by atoms with E-state index in [2.05, 4.69) is 5.32 Å². The molecular formula is C22H32N2O7. The molecule has 3 N–H and O–H groups in total. The molecule has 31 heavy (non-hydrogen) atoms.